The van der Waals surface area contributed by atoms with Gasteiger partial charge in [0.15, 0.2) is 0 Å². The lowest BCUT2D eigenvalue weighted by Gasteiger charge is -2.10. The molecule has 0 amide bonds. The molecular weight excluding hydrogens is 258 g/mol. The third-order valence-electron chi connectivity index (χ3n) is 3.21. The largest absolute Gasteiger partial charge is 0.478 e. The van der Waals surface area contributed by atoms with E-state index in [0.717, 1.165) is 5.76 Å². The molecule has 0 fully saturated rings. The number of hydrogen-bond donors (Lipinski definition) is 1. The summed E-state index contributed by atoms with van der Waals surface area (Å²) in [6.45, 7) is 1.99. The average molecular weight is 271 g/mol. The molecule has 0 aliphatic carbocycles. The maximum absolute atomic E-state index is 11.0. The Labute approximate surface area is 114 Å². The fourth-order valence-electron chi connectivity index (χ4n) is 2.20. The van der Waals surface area contributed by atoms with Crippen LogP contribution in [0.4, 0.5) is 0 Å². The maximum Gasteiger partial charge on any atom is 0.335 e. The summed E-state index contributed by atoms with van der Waals surface area (Å²) in [6, 6.07) is 8.55. The van der Waals surface area contributed by atoms with E-state index >= 15 is 0 Å². The first-order valence-corrected chi connectivity index (χ1v) is 6.26. The van der Waals surface area contributed by atoms with Gasteiger partial charge in [-0.05, 0) is 37.3 Å². The van der Waals surface area contributed by atoms with Gasteiger partial charge in [-0.2, -0.15) is 0 Å². The van der Waals surface area contributed by atoms with Gasteiger partial charge in [0.05, 0.1) is 23.4 Å². The second-order valence-corrected chi connectivity index (χ2v) is 4.68. The van der Waals surface area contributed by atoms with Gasteiger partial charge < -0.3 is 9.52 Å². The standard InChI is InChI=1S/C14H13N3O3/c1-9(7-11-3-2-6-20-11)17-13-8-10(14(18)19)4-5-12(13)15-16-17/h2-6,8-9H,7H2,1H3,(H,18,19). The van der Waals surface area contributed by atoms with Crippen molar-refractivity contribution in [3.63, 3.8) is 0 Å². The molecule has 6 nitrogen and oxygen atoms in total. The predicted molar refractivity (Wildman–Crippen MR) is 71.6 cm³/mol. The van der Waals surface area contributed by atoms with E-state index in [2.05, 4.69) is 10.3 Å². The van der Waals surface area contributed by atoms with Gasteiger partial charge in [-0.3, -0.25) is 0 Å². The molecule has 0 aliphatic rings. The SMILES string of the molecule is CC(Cc1ccco1)n1nnc2ccc(C(=O)O)cc21. The molecule has 1 aromatic carbocycles. The highest BCUT2D eigenvalue weighted by Gasteiger charge is 2.15. The predicted octanol–water partition coefficient (Wildman–Crippen LogP) is 2.53. The third-order valence-corrected chi connectivity index (χ3v) is 3.21. The molecule has 2 heterocycles. The number of fused-ring (bicyclic) bond motifs is 1. The summed E-state index contributed by atoms with van der Waals surface area (Å²) in [5.41, 5.74) is 1.62. The van der Waals surface area contributed by atoms with Gasteiger partial charge in [-0.25, -0.2) is 9.48 Å². The van der Waals surface area contributed by atoms with Gasteiger partial charge in [-0.15, -0.1) is 5.10 Å². The third kappa shape index (κ3) is 2.16. The van der Waals surface area contributed by atoms with Crippen molar-refractivity contribution in [1.82, 2.24) is 15.0 Å². The monoisotopic (exact) mass is 271 g/mol. The minimum Gasteiger partial charge on any atom is -0.478 e. The number of nitrogens with zero attached hydrogens (tertiary/aromatic N) is 3. The number of carboxylic acids is 1. The van der Waals surface area contributed by atoms with E-state index in [9.17, 15) is 4.79 Å². The number of furan rings is 1. The van der Waals surface area contributed by atoms with Gasteiger partial charge in [0.2, 0.25) is 0 Å². The van der Waals surface area contributed by atoms with E-state index in [1.807, 2.05) is 19.1 Å². The molecule has 3 aromatic rings. The van der Waals surface area contributed by atoms with E-state index in [-0.39, 0.29) is 11.6 Å². The number of aromatic nitrogens is 3. The Hall–Kier alpha value is -2.63. The lowest BCUT2D eigenvalue weighted by molar-refractivity contribution is 0.0697. The first kappa shape index (κ1) is 12.4. The molecule has 0 radical (unpaired) electrons. The van der Waals surface area contributed by atoms with Gasteiger partial charge in [-0.1, -0.05) is 5.21 Å². The first-order valence-electron chi connectivity index (χ1n) is 6.26. The Bertz CT molecular complexity index is 746. The zero-order valence-electron chi connectivity index (χ0n) is 10.9. The van der Waals surface area contributed by atoms with Crippen molar-refractivity contribution in [2.45, 2.75) is 19.4 Å². The summed E-state index contributed by atoms with van der Waals surface area (Å²) in [5.74, 6) is -0.103. The molecule has 2 aromatic heterocycles. The molecule has 0 bridgehead atoms. The highest BCUT2D eigenvalue weighted by atomic mass is 16.4. The van der Waals surface area contributed by atoms with Crippen molar-refractivity contribution >= 4 is 17.0 Å². The molecule has 6 heteroatoms. The summed E-state index contributed by atoms with van der Waals surface area (Å²) in [6.07, 6.45) is 2.30. The molecule has 1 atom stereocenters. The number of rotatable bonds is 4. The summed E-state index contributed by atoms with van der Waals surface area (Å²) < 4.78 is 7.05. The fourth-order valence-corrected chi connectivity index (χ4v) is 2.20. The van der Waals surface area contributed by atoms with E-state index in [1.165, 1.54) is 6.07 Å². The van der Waals surface area contributed by atoms with Crippen LogP contribution in [0.25, 0.3) is 11.0 Å². The van der Waals surface area contributed by atoms with Crippen molar-refractivity contribution in [2.75, 3.05) is 0 Å². The van der Waals surface area contributed by atoms with E-state index < -0.39 is 5.97 Å². The Morgan fingerprint density at radius 2 is 2.30 bits per heavy atom. The Morgan fingerprint density at radius 3 is 3.00 bits per heavy atom. The lowest BCUT2D eigenvalue weighted by atomic mass is 10.1. The Morgan fingerprint density at radius 1 is 1.45 bits per heavy atom. The zero-order chi connectivity index (χ0) is 14.1. The molecule has 0 spiro atoms. The lowest BCUT2D eigenvalue weighted by Crippen LogP contribution is -2.10. The minimum atomic E-state index is -0.960. The van der Waals surface area contributed by atoms with Crippen LogP contribution in [-0.4, -0.2) is 26.1 Å². The van der Waals surface area contributed by atoms with Crippen LogP contribution < -0.4 is 0 Å². The van der Waals surface area contributed by atoms with E-state index in [1.54, 1.807) is 23.1 Å². The van der Waals surface area contributed by atoms with Crippen molar-refractivity contribution in [3.8, 4) is 0 Å². The van der Waals surface area contributed by atoms with Gasteiger partial charge in [0.1, 0.15) is 11.3 Å². The number of carbonyl (C=O) groups is 1. The van der Waals surface area contributed by atoms with Crippen LogP contribution in [0.15, 0.2) is 41.0 Å². The smallest absolute Gasteiger partial charge is 0.335 e. The van der Waals surface area contributed by atoms with Gasteiger partial charge >= 0.3 is 5.97 Å². The number of hydrogen-bond acceptors (Lipinski definition) is 4. The zero-order valence-corrected chi connectivity index (χ0v) is 10.9. The molecule has 3 rings (SSSR count). The molecule has 1 N–H and O–H groups in total. The molecule has 0 saturated carbocycles. The second kappa shape index (κ2) is 4.80. The fraction of sp³-hybridized carbons (Fsp3) is 0.214. The molecule has 0 aliphatic heterocycles. The van der Waals surface area contributed by atoms with Crippen molar-refractivity contribution < 1.29 is 14.3 Å². The number of carboxylic acid groups (broad SMARTS) is 1. The highest BCUT2D eigenvalue weighted by molar-refractivity contribution is 5.92. The van der Waals surface area contributed by atoms with Gasteiger partial charge in [0, 0.05) is 6.42 Å². The quantitative estimate of drug-likeness (QED) is 0.788. The van der Waals surface area contributed by atoms with Crippen LogP contribution in [0.5, 0.6) is 0 Å². The van der Waals surface area contributed by atoms with Crippen LogP contribution in [0.1, 0.15) is 29.1 Å². The molecule has 0 saturated heterocycles. The Kier molecular flexibility index (Phi) is 2.98. The number of benzene rings is 1. The van der Waals surface area contributed by atoms with E-state index in [0.29, 0.717) is 17.5 Å². The van der Waals surface area contributed by atoms with Gasteiger partial charge in [0.25, 0.3) is 0 Å². The highest BCUT2D eigenvalue weighted by Crippen LogP contribution is 2.20. The molecular formula is C14H13N3O3. The number of aromatic carboxylic acids is 1. The normalized spacial score (nSPS) is 12.7. The van der Waals surface area contributed by atoms with Crippen LogP contribution in [0.3, 0.4) is 0 Å². The topological polar surface area (TPSA) is 81.2 Å². The summed E-state index contributed by atoms with van der Waals surface area (Å²) in [4.78, 5) is 11.0. The van der Waals surface area contributed by atoms with Crippen molar-refractivity contribution in [2.24, 2.45) is 0 Å². The van der Waals surface area contributed by atoms with Crippen LogP contribution in [0, 0.1) is 0 Å². The average Bonchev–Trinajstić information content (AvgIpc) is 3.06. The molecule has 1 unspecified atom stereocenters. The minimum absolute atomic E-state index is 0.0233. The summed E-state index contributed by atoms with van der Waals surface area (Å²) >= 11 is 0. The molecule has 20 heavy (non-hydrogen) atoms. The van der Waals surface area contributed by atoms with Crippen molar-refractivity contribution in [1.29, 1.82) is 0 Å². The second-order valence-electron chi connectivity index (χ2n) is 4.68. The molecule has 102 valence electrons. The summed E-state index contributed by atoms with van der Waals surface area (Å²) in [7, 11) is 0. The maximum atomic E-state index is 11.0. The van der Waals surface area contributed by atoms with Crippen LogP contribution >= 0.6 is 0 Å². The van der Waals surface area contributed by atoms with Crippen LogP contribution in [-0.2, 0) is 6.42 Å². The Balaban J connectivity index is 1.98. The van der Waals surface area contributed by atoms with Crippen molar-refractivity contribution in [3.05, 3.63) is 47.9 Å². The first-order chi connectivity index (χ1) is 9.65. The van der Waals surface area contributed by atoms with Crippen LogP contribution in [0.2, 0.25) is 0 Å². The van der Waals surface area contributed by atoms with E-state index in [4.69, 9.17) is 9.52 Å². The summed E-state index contributed by atoms with van der Waals surface area (Å²) in [5, 5.41) is 17.2.